The molecule has 0 saturated heterocycles. The molecule has 2 unspecified atom stereocenters. The van der Waals surface area contributed by atoms with Crippen molar-refractivity contribution in [3.8, 4) is 5.75 Å². The third kappa shape index (κ3) is 1.62. The number of hydrogen-bond acceptors (Lipinski definition) is 2. The molecule has 14 heavy (non-hydrogen) atoms. The summed E-state index contributed by atoms with van der Waals surface area (Å²) >= 11 is 0. The van der Waals surface area contributed by atoms with Crippen LogP contribution in [0.3, 0.4) is 0 Å². The highest BCUT2D eigenvalue weighted by molar-refractivity contribution is 5.38. The molecule has 2 atom stereocenters. The van der Waals surface area contributed by atoms with E-state index in [9.17, 15) is 0 Å². The average Bonchev–Trinajstić information content (AvgIpc) is 2.23. The van der Waals surface area contributed by atoms with Crippen LogP contribution in [0.5, 0.6) is 5.75 Å². The minimum absolute atomic E-state index is 0.588. The Kier molecular flexibility index (Phi) is 2.73. The van der Waals surface area contributed by atoms with Gasteiger partial charge in [-0.25, -0.2) is 0 Å². The molecule has 0 amide bonds. The van der Waals surface area contributed by atoms with Crippen LogP contribution in [-0.4, -0.2) is 20.2 Å². The van der Waals surface area contributed by atoms with E-state index in [1.807, 2.05) is 13.1 Å². The predicted octanol–water partition coefficient (Wildman–Crippen LogP) is 2.02. The van der Waals surface area contributed by atoms with E-state index in [1.54, 1.807) is 0 Å². The molecule has 1 aromatic rings. The van der Waals surface area contributed by atoms with Crippen LogP contribution in [0.4, 0.5) is 0 Å². The normalized spacial score (nSPS) is 25.3. The van der Waals surface area contributed by atoms with Gasteiger partial charge in [0.2, 0.25) is 0 Å². The molecular weight excluding hydrogens is 174 g/mol. The lowest BCUT2D eigenvalue weighted by atomic mass is 9.85. The number of hydrogen-bond donors (Lipinski definition) is 1. The first-order valence-electron chi connectivity index (χ1n) is 5.19. The van der Waals surface area contributed by atoms with Crippen molar-refractivity contribution in [2.24, 2.45) is 5.92 Å². The topological polar surface area (TPSA) is 21.3 Å². The summed E-state index contributed by atoms with van der Waals surface area (Å²) in [6.07, 6.45) is 0. The summed E-state index contributed by atoms with van der Waals surface area (Å²) in [4.78, 5) is 0. The number of benzene rings is 1. The van der Waals surface area contributed by atoms with Crippen molar-refractivity contribution in [1.82, 2.24) is 5.32 Å². The van der Waals surface area contributed by atoms with Gasteiger partial charge in [-0.2, -0.15) is 0 Å². The first-order chi connectivity index (χ1) is 6.83. The van der Waals surface area contributed by atoms with E-state index in [0.717, 1.165) is 18.9 Å². The molecule has 1 heterocycles. The Bertz CT molecular complexity index is 311. The summed E-state index contributed by atoms with van der Waals surface area (Å²) in [6.45, 7) is 4.11. The van der Waals surface area contributed by atoms with Gasteiger partial charge in [-0.15, -0.1) is 0 Å². The number of rotatable bonds is 2. The first kappa shape index (κ1) is 9.53. The summed E-state index contributed by atoms with van der Waals surface area (Å²) < 4.78 is 5.68. The Morgan fingerprint density at radius 2 is 2.21 bits per heavy atom. The molecule has 1 aliphatic heterocycles. The third-order valence-electron chi connectivity index (χ3n) is 2.93. The van der Waals surface area contributed by atoms with E-state index in [1.165, 1.54) is 5.56 Å². The van der Waals surface area contributed by atoms with Crippen LogP contribution in [0.25, 0.3) is 0 Å². The van der Waals surface area contributed by atoms with Crippen molar-refractivity contribution in [2.45, 2.75) is 12.8 Å². The standard InChI is InChI=1S/C12H17NO/c1-9-8-14-12-6-4-3-5-10(12)11(9)7-13-2/h3-6,9,11,13H,7-8H2,1-2H3. The summed E-state index contributed by atoms with van der Waals surface area (Å²) in [5, 5.41) is 3.25. The van der Waals surface area contributed by atoms with E-state index in [4.69, 9.17) is 4.74 Å². The molecule has 0 saturated carbocycles. The fourth-order valence-electron chi connectivity index (χ4n) is 2.09. The third-order valence-corrected chi connectivity index (χ3v) is 2.93. The summed E-state index contributed by atoms with van der Waals surface area (Å²) in [6, 6.07) is 8.35. The van der Waals surface area contributed by atoms with E-state index >= 15 is 0 Å². The second kappa shape index (κ2) is 4.01. The van der Waals surface area contributed by atoms with Crippen molar-refractivity contribution < 1.29 is 4.74 Å². The van der Waals surface area contributed by atoms with Gasteiger partial charge in [-0.1, -0.05) is 25.1 Å². The maximum atomic E-state index is 5.68. The smallest absolute Gasteiger partial charge is 0.122 e. The summed E-state index contributed by atoms with van der Waals surface area (Å²) in [7, 11) is 2.00. The van der Waals surface area contributed by atoms with E-state index in [2.05, 4.69) is 30.4 Å². The minimum Gasteiger partial charge on any atom is -0.493 e. The molecule has 1 aromatic carbocycles. The van der Waals surface area contributed by atoms with Crippen molar-refractivity contribution in [1.29, 1.82) is 0 Å². The van der Waals surface area contributed by atoms with Gasteiger partial charge in [0, 0.05) is 12.5 Å². The van der Waals surface area contributed by atoms with Gasteiger partial charge in [0.05, 0.1) is 6.61 Å². The Balaban J connectivity index is 2.31. The number of likely N-dealkylation sites (N-methyl/N-ethyl adjacent to an activating group) is 1. The monoisotopic (exact) mass is 191 g/mol. The maximum Gasteiger partial charge on any atom is 0.122 e. The quantitative estimate of drug-likeness (QED) is 0.772. The van der Waals surface area contributed by atoms with Crippen LogP contribution in [-0.2, 0) is 0 Å². The highest BCUT2D eigenvalue weighted by Crippen LogP contribution is 2.35. The molecule has 2 rings (SSSR count). The second-order valence-corrected chi connectivity index (χ2v) is 3.99. The van der Waals surface area contributed by atoms with Crippen LogP contribution in [0.15, 0.2) is 24.3 Å². The zero-order valence-electron chi connectivity index (χ0n) is 8.79. The van der Waals surface area contributed by atoms with Crippen LogP contribution in [0.2, 0.25) is 0 Å². The molecular formula is C12H17NO. The van der Waals surface area contributed by atoms with Crippen LogP contribution in [0.1, 0.15) is 18.4 Å². The Morgan fingerprint density at radius 3 is 3.00 bits per heavy atom. The predicted molar refractivity (Wildman–Crippen MR) is 57.8 cm³/mol. The highest BCUT2D eigenvalue weighted by atomic mass is 16.5. The SMILES string of the molecule is CNCC1c2ccccc2OCC1C. The van der Waals surface area contributed by atoms with Crippen molar-refractivity contribution >= 4 is 0 Å². The molecule has 0 fully saturated rings. The summed E-state index contributed by atoms with van der Waals surface area (Å²) in [5.74, 6) is 2.24. The van der Waals surface area contributed by atoms with Crippen molar-refractivity contribution in [3.05, 3.63) is 29.8 Å². The number of fused-ring (bicyclic) bond motifs is 1. The first-order valence-corrected chi connectivity index (χ1v) is 5.19. The van der Waals surface area contributed by atoms with Crippen LogP contribution >= 0.6 is 0 Å². The molecule has 0 spiro atoms. The zero-order chi connectivity index (χ0) is 9.97. The molecule has 0 radical (unpaired) electrons. The van der Waals surface area contributed by atoms with Gasteiger partial charge >= 0.3 is 0 Å². The molecule has 0 aromatic heterocycles. The fourth-order valence-corrected chi connectivity index (χ4v) is 2.09. The molecule has 2 heteroatoms. The van der Waals surface area contributed by atoms with E-state index < -0.39 is 0 Å². The van der Waals surface area contributed by atoms with Crippen molar-refractivity contribution in [2.75, 3.05) is 20.2 Å². The molecule has 0 bridgehead atoms. The van der Waals surface area contributed by atoms with Crippen LogP contribution in [0, 0.1) is 5.92 Å². The lowest BCUT2D eigenvalue weighted by molar-refractivity contribution is 0.204. The largest absolute Gasteiger partial charge is 0.493 e. The molecule has 76 valence electrons. The number of nitrogens with one attached hydrogen (secondary N) is 1. The highest BCUT2D eigenvalue weighted by Gasteiger charge is 2.26. The van der Waals surface area contributed by atoms with Gasteiger partial charge in [0.15, 0.2) is 0 Å². The Morgan fingerprint density at radius 1 is 1.43 bits per heavy atom. The van der Waals surface area contributed by atoms with Gasteiger partial charge in [-0.3, -0.25) is 0 Å². The van der Waals surface area contributed by atoms with Crippen LogP contribution < -0.4 is 10.1 Å². The van der Waals surface area contributed by atoms with Gasteiger partial charge in [0.25, 0.3) is 0 Å². The molecule has 1 N–H and O–H groups in total. The molecule has 0 aliphatic carbocycles. The van der Waals surface area contributed by atoms with Gasteiger partial charge in [-0.05, 0) is 24.6 Å². The maximum absolute atomic E-state index is 5.68. The lowest BCUT2D eigenvalue weighted by Crippen LogP contribution is -2.30. The number of ether oxygens (including phenoxy) is 1. The van der Waals surface area contributed by atoms with E-state index in [-0.39, 0.29) is 0 Å². The van der Waals surface area contributed by atoms with Gasteiger partial charge < -0.3 is 10.1 Å². The Labute approximate surface area is 85.3 Å². The lowest BCUT2D eigenvalue weighted by Gasteiger charge is -2.31. The average molecular weight is 191 g/mol. The second-order valence-electron chi connectivity index (χ2n) is 3.99. The van der Waals surface area contributed by atoms with Crippen molar-refractivity contribution in [3.63, 3.8) is 0 Å². The molecule has 2 nitrogen and oxygen atoms in total. The minimum atomic E-state index is 0.588. The summed E-state index contributed by atoms with van der Waals surface area (Å²) in [5.41, 5.74) is 1.35. The number of para-hydroxylation sites is 1. The zero-order valence-corrected chi connectivity index (χ0v) is 8.79. The fraction of sp³-hybridized carbons (Fsp3) is 0.500. The van der Waals surface area contributed by atoms with Gasteiger partial charge in [0.1, 0.15) is 5.75 Å². The Hall–Kier alpha value is -1.02. The van der Waals surface area contributed by atoms with E-state index in [0.29, 0.717) is 11.8 Å². The molecule has 1 aliphatic rings.